The molecule has 0 radical (unpaired) electrons. The minimum absolute atomic E-state index is 0.0248. The number of hydrogen-bond acceptors (Lipinski definition) is 4. The summed E-state index contributed by atoms with van der Waals surface area (Å²) in [5.41, 5.74) is 0.767. The number of aryl methyl sites for hydroxylation is 1. The third kappa shape index (κ3) is 3.54. The fourth-order valence-corrected chi connectivity index (χ4v) is 2.39. The third-order valence-electron chi connectivity index (χ3n) is 2.33. The predicted octanol–water partition coefficient (Wildman–Crippen LogP) is 1.46. The Bertz CT molecular complexity index is 549. The average Bonchev–Trinajstić information content (AvgIpc) is 2.26. The van der Waals surface area contributed by atoms with Crippen LogP contribution in [0.15, 0.2) is 23.1 Å². The van der Waals surface area contributed by atoms with E-state index < -0.39 is 16.0 Å². The molecule has 0 atom stereocenters. The van der Waals surface area contributed by atoms with Crippen molar-refractivity contribution in [2.75, 3.05) is 0 Å². The number of ether oxygens (including phenoxy) is 1. The van der Waals surface area contributed by atoms with Gasteiger partial charge in [0.25, 0.3) is 0 Å². The summed E-state index contributed by atoms with van der Waals surface area (Å²) in [6.07, 6.45) is 0.256. The van der Waals surface area contributed by atoms with Crippen molar-refractivity contribution < 1.29 is 17.9 Å². The number of sulfonamides is 1. The fourth-order valence-electron chi connectivity index (χ4n) is 1.52. The SMILES string of the molecule is CCc1ccc(C(=O)OC(C)C)cc1S(N)(=O)=O. The van der Waals surface area contributed by atoms with Gasteiger partial charge in [0.05, 0.1) is 16.6 Å². The van der Waals surface area contributed by atoms with Crippen LogP contribution in [-0.4, -0.2) is 20.5 Å². The highest BCUT2D eigenvalue weighted by Crippen LogP contribution is 2.18. The van der Waals surface area contributed by atoms with E-state index in [2.05, 4.69) is 0 Å². The Labute approximate surface area is 107 Å². The van der Waals surface area contributed by atoms with E-state index in [0.717, 1.165) is 0 Å². The van der Waals surface area contributed by atoms with Gasteiger partial charge in [0.15, 0.2) is 0 Å². The lowest BCUT2D eigenvalue weighted by Crippen LogP contribution is -2.17. The zero-order chi connectivity index (χ0) is 13.9. The van der Waals surface area contributed by atoms with Gasteiger partial charge >= 0.3 is 5.97 Å². The van der Waals surface area contributed by atoms with Crippen molar-refractivity contribution in [2.24, 2.45) is 5.14 Å². The van der Waals surface area contributed by atoms with Gasteiger partial charge in [-0.15, -0.1) is 0 Å². The van der Waals surface area contributed by atoms with E-state index in [1.165, 1.54) is 12.1 Å². The molecular formula is C12H17NO4S. The van der Waals surface area contributed by atoms with Gasteiger partial charge in [-0.05, 0) is 38.0 Å². The number of hydrogen-bond donors (Lipinski definition) is 1. The summed E-state index contributed by atoms with van der Waals surface area (Å²) < 4.78 is 27.9. The van der Waals surface area contributed by atoms with Crippen LogP contribution in [0.1, 0.15) is 36.7 Å². The number of esters is 1. The smallest absolute Gasteiger partial charge is 0.338 e. The van der Waals surface area contributed by atoms with Crippen molar-refractivity contribution in [1.29, 1.82) is 0 Å². The molecule has 0 spiro atoms. The van der Waals surface area contributed by atoms with Crippen LogP contribution in [0.25, 0.3) is 0 Å². The highest BCUT2D eigenvalue weighted by Gasteiger charge is 2.17. The molecule has 5 nitrogen and oxygen atoms in total. The van der Waals surface area contributed by atoms with Crippen LogP contribution in [0, 0.1) is 0 Å². The summed E-state index contributed by atoms with van der Waals surface area (Å²) in [6.45, 7) is 5.26. The van der Waals surface area contributed by atoms with Crippen LogP contribution in [0.5, 0.6) is 0 Å². The molecule has 2 N–H and O–H groups in total. The van der Waals surface area contributed by atoms with E-state index in [1.807, 2.05) is 6.92 Å². The summed E-state index contributed by atoms with van der Waals surface area (Å²) in [5, 5.41) is 5.12. The fraction of sp³-hybridized carbons (Fsp3) is 0.417. The molecule has 0 bridgehead atoms. The second-order valence-corrected chi connectivity index (χ2v) is 5.70. The van der Waals surface area contributed by atoms with Crippen molar-refractivity contribution in [3.05, 3.63) is 29.3 Å². The molecule has 100 valence electrons. The summed E-state index contributed by atoms with van der Waals surface area (Å²) in [5.74, 6) is -0.558. The molecule has 0 aromatic heterocycles. The van der Waals surface area contributed by atoms with Gasteiger partial charge < -0.3 is 4.74 Å². The van der Waals surface area contributed by atoms with E-state index in [0.29, 0.717) is 12.0 Å². The second-order valence-electron chi connectivity index (χ2n) is 4.18. The molecule has 0 amide bonds. The Balaban J connectivity index is 3.23. The maximum Gasteiger partial charge on any atom is 0.338 e. The van der Waals surface area contributed by atoms with Crippen LogP contribution in [0.4, 0.5) is 0 Å². The van der Waals surface area contributed by atoms with E-state index in [9.17, 15) is 13.2 Å². The van der Waals surface area contributed by atoms with Crippen molar-refractivity contribution in [3.8, 4) is 0 Å². The maximum atomic E-state index is 11.7. The zero-order valence-corrected chi connectivity index (χ0v) is 11.5. The largest absolute Gasteiger partial charge is 0.459 e. The molecule has 1 aromatic rings. The summed E-state index contributed by atoms with van der Waals surface area (Å²) >= 11 is 0. The Kier molecular flexibility index (Phi) is 4.48. The summed E-state index contributed by atoms with van der Waals surface area (Å²) in [7, 11) is -3.84. The van der Waals surface area contributed by atoms with E-state index in [4.69, 9.17) is 9.88 Å². The quantitative estimate of drug-likeness (QED) is 0.840. The van der Waals surface area contributed by atoms with Gasteiger partial charge in [0.1, 0.15) is 0 Å². The first-order valence-electron chi connectivity index (χ1n) is 5.62. The molecule has 1 rings (SSSR count). The topological polar surface area (TPSA) is 86.5 Å². The number of carbonyl (C=O) groups excluding carboxylic acids is 1. The van der Waals surface area contributed by atoms with Gasteiger partial charge in [0, 0.05) is 0 Å². The number of primary sulfonamides is 1. The summed E-state index contributed by atoms with van der Waals surface area (Å²) in [4.78, 5) is 11.7. The normalized spacial score (nSPS) is 11.6. The van der Waals surface area contributed by atoms with Gasteiger partial charge in [0.2, 0.25) is 10.0 Å². The molecule has 1 aromatic carbocycles. The highest BCUT2D eigenvalue weighted by molar-refractivity contribution is 7.89. The van der Waals surface area contributed by atoms with E-state index >= 15 is 0 Å². The molecule has 6 heteroatoms. The Morgan fingerprint density at radius 3 is 2.44 bits per heavy atom. The molecule has 0 aliphatic carbocycles. The number of rotatable bonds is 4. The molecule has 18 heavy (non-hydrogen) atoms. The molecule has 0 fully saturated rings. The van der Waals surface area contributed by atoms with Crippen molar-refractivity contribution in [1.82, 2.24) is 0 Å². The van der Waals surface area contributed by atoms with Crippen LogP contribution in [0.3, 0.4) is 0 Å². The minimum Gasteiger partial charge on any atom is -0.459 e. The first-order valence-corrected chi connectivity index (χ1v) is 7.17. The Hall–Kier alpha value is -1.40. The molecule has 0 saturated heterocycles. The van der Waals surface area contributed by atoms with Crippen LogP contribution >= 0.6 is 0 Å². The minimum atomic E-state index is -3.84. The van der Waals surface area contributed by atoms with Crippen molar-refractivity contribution in [3.63, 3.8) is 0 Å². The van der Waals surface area contributed by atoms with E-state index in [-0.39, 0.29) is 16.6 Å². The number of nitrogens with two attached hydrogens (primary N) is 1. The molecule has 0 heterocycles. The van der Waals surface area contributed by atoms with Gasteiger partial charge in [-0.3, -0.25) is 0 Å². The molecule has 0 unspecified atom stereocenters. The van der Waals surface area contributed by atoms with Crippen LogP contribution in [-0.2, 0) is 21.2 Å². The number of benzene rings is 1. The summed E-state index contributed by atoms with van der Waals surface area (Å²) in [6, 6.07) is 4.38. The highest BCUT2D eigenvalue weighted by atomic mass is 32.2. The van der Waals surface area contributed by atoms with Gasteiger partial charge in [-0.2, -0.15) is 0 Å². The Morgan fingerprint density at radius 2 is 2.00 bits per heavy atom. The predicted molar refractivity (Wildman–Crippen MR) is 67.7 cm³/mol. The van der Waals surface area contributed by atoms with Gasteiger partial charge in [-0.1, -0.05) is 13.0 Å². The molecule has 0 aliphatic rings. The van der Waals surface area contributed by atoms with Crippen LogP contribution in [0.2, 0.25) is 0 Å². The molecule has 0 saturated carbocycles. The van der Waals surface area contributed by atoms with Crippen LogP contribution < -0.4 is 5.14 Å². The second kappa shape index (κ2) is 5.49. The zero-order valence-electron chi connectivity index (χ0n) is 10.6. The maximum absolute atomic E-state index is 11.7. The molecular weight excluding hydrogens is 254 g/mol. The average molecular weight is 271 g/mol. The van der Waals surface area contributed by atoms with E-state index in [1.54, 1.807) is 19.9 Å². The third-order valence-corrected chi connectivity index (χ3v) is 3.33. The van der Waals surface area contributed by atoms with Crippen molar-refractivity contribution >= 4 is 16.0 Å². The molecule has 0 aliphatic heterocycles. The first-order chi connectivity index (χ1) is 8.25. The number of carbonyl (C=O) groups is 1. The lowest BCUT2D eigenvalue weighted by molar-refractivity contribution is 0.0377. The standard InChI is InChI=1S/C12H17NO4S/c1-4-9-5-6-10(12(14)17-8(2)3)7-11(9)18(13,15)16/h5-8H,4H2,1-3H3,(H2,13,15,16). The van der Waals surface area contributed by atoms with Gasteiger partial charge in [-0.25, -0.2) is 18.4 Å². The lowest BCUT2D eigenvalue weighted by Gasteiger charge is -2.10. The monoisotopic (exact) mass is 271 g/mol. The first kappa shape index (κ1) is 14.7. The lowest BCUT2D eigenvalue weighted by atomic mass is 10.1. The Morgan fingerprint density at radius 1 is 1.39 bits per heavy atom. The van der Waals surface area contributed by atoms with Crippen molar-refractivity contribution in [2.45, 2.75) is 38.2 Å².